The van der Waals surface area contributed by atoms with Crippen molar-refractivity contribution in [2.75, 3.05) is 20.2 Å². The summed E-state index contributed by atoms with van der Waals surface area (Å²) in [7, 11) is 1.60. The number of methoxy groups -OCH3 is 1. The van der Waals surface area contributed by atoms with E-state index in [1.54, 1.807) is 7.11 Å². The van der Waals surface area contributed by atoms with Gasteiger partial charge in [-0.3, -0.25) is 9.69 Å². The van der Waals surface area contributed by atoms with Crippen molar-refractivity contribution >= 4 is 40.8 Å². The van der Waals surface area contributed by atoms with Gasteiger partial charge in [0.2, 0.25) is 0 Å². The van der Waals surface area contributed by atoms with Crippen LogP contribution in [0.4, 0.5) is 0 Å². The van der Waals surface area contributed by atoms with Crippen LogP contribution in [0.2, 0.25) is 5.02 Å². The van der Waals surface area contributed by atoms with E-state index in [1.807, 2.05) is 6.07 Å². The molecule has 0 unspecified atom stereocenters. The van der Waals surface area contributed by atoms with Gasteiger partial charge in [-0.05, 0) is 55.8 Å². The second-order valence-electron chi connectivity index (χ2n) is 7.92. The largest absolute Gasteiger partial charge is 0.495 e. The molecule has 3 aromatic rings. The number of carbonyl (C=O) groups is 1. The van der Waals surface area contributed by atoms with Gasteiger partial charge in [0, 0.05) is 40.8 Å². The third-order valence-electron chi connectivity index (χ3n) is 6.03. The molecule has 158 valence electrons. The summed E-state index contributed by atoms with van der Waals surface area (Å²) < 4.78 is 5.45. The van der Waals surface area contributed by atoms with Gasteiger partial charge in [-0.2, -0.15) is 0 Å². The molecule has 7 heteroatoms. The van der Waals surface area contributed by atoms with Crippen molar-refractivity contribution in [2.45, 2.75) is 32.4 Å². The second kappa shape index (κ2) is 8.50. The van der Waals surface area contributed by atoms with E-state index in [0.29, 0.717) is 22.9 Å². The lowest BCUT2D eigenvalue weighted by molar-refractivity contribution is 0.0966. The highest BCUT2D eigenvalue weighted by Crippen LogP contribution is 2.40. The number of carbonyl (C=O) groups excluding carboxylic acids is 1. The zero-order chi connectivity index (χ0) is 20.0. The van der Waals surface area contributed by atoms with Gasteiger partial charge in [0.05, 0.1) is 17.7 Å². The van der Waals surface area contributed by atoms with Crippen molar-refractivity contribution in [3.8, 4) is 17.0 Å². The molecule has 1 saturated heterocycles. The highest BCUT2D eigenvalue weighted by atomic mass is 35.5. The monoisotopic (exact) mass is 445 g/mol. The average Bonchev–Trinajstić information content (AvgIpc) is 3.33. The maximum atomic E-state index is 12.5. The first-order valence-corrected chi connectivity index (χ1v) is 10.5. The summed E-state index contributed by atoms with van der Waals surface area (Å²) in [5.74, 6) is 0.491. The molecule has 0 bridgehead atoms. The maximum Gasteiger partial charge on any atom is 0.252 e. The van der Waals surface area contributed by atoms with E-state index in [1.165, 1.54) is 37.9 Å². The van der Waals surface area contributed by atoms with Gasteiger partial charge in [0.1, 0.15) is 5.75 Å². The van der Waals surface area contributed by atoms with E-state index in [9.17, 15) is 4.79 Å². The molecule has 3 heterocycles. The summed E-state index contributed by atoms with van der Waals surface area (Å²) in [6, 6.07) is 10.5. The van der Waals surface area contributed by atoms with Crippen LogP contribution >= 0.6 is 24.0 Å². The summed E-state index contributed by atoms with van der Waals surface area (Å²) >= 11 is 6.44. The van der Waals surface area contributed by atoms with Crippen LogP contribution in [-0.4, -0.2) is 36.0 Å². The summed E-state index contributed by atoms with van der Waals surface area (Å²) in [4.78, 5) is 18.5. The van der Waals surface area contributed by atoms with Crippen molar-refractivity contribution < 1.29 is 9.53 Å². The Hall–Kier alpha value is -2.21. The van der Waals surface area contributed by atoms with Gasteiger partial charge >= 0.3 is 0 Å². The Bertz CT molecular complexity index is 1100. The molecule has 5 nitrogen and oxygen atoms in total. The van der Waals surface area contributed by atoms with Crippen LogP contribution < -0.4 is 10.1 Å². The van der Waals surface area contributed by atoms with Gasteiger partial charge in [0.15, 0.2) is 0 Å². The number of benzene rings is 2. The Balaban J connectivity index is 0.00000218. The molecule has 2 aliphatic heterocycles. The highest BCUT2D eigenvalue weighted by Gasteiger charge is 2.28. The molecular formula is C23H25Cl2N3O2. The minimum Gasteiger partial charge on any atom is -0.495 e. The number of nitrogens with one attached hydrogen (secondary N) is 2. The van der Waals surface area contributed by atoms with Crippen molar-refractivity contribution in [2.24, 2.45) is 0 Å². The van der Waals surface area contributed by atoms with Crippen molar-refractivity contribution in [3.05, 3.63) is 52.0 Å². The van der Waals surface area contributed by atoms with E-state index < -0.39 is 0 Å². The zero-order valence-corrected chi connectivity index (χ0v) is 18.5. The molecule has 5 rings (SSSR count). The molecule has 1 aromatic heterocycles. The predicted octanol–water partition coefficient (Wildman–Crippen LogP) is 5.15. The molecule has 1 amide bonds. The van der Waals surface area contributed by atoms with Crippen LogP contribution in [0.1, 0.15) is 40.7 Å². The summed E-state index contributed by atoms with van der Waals surface area (Å²) in [5.41, 5.74) is 5.54. The maximum absolute atomic E-state index is 12.5. The lowest BCUT2D eigenvalue weighted by atomic mass is 9.99. The van der Waals surface area contributed by atoms with Crippen molar-refractivity contribution in [3.63, 3.8) is 0 Å². The average molecular weight is 446 g/mol. The normalized spacial score (nSPS) is 16.3. The first-order chi connectivity index (χ1) is 14.1. The van der Waals surface area contributed by atoms with Crippen LogP contribution in [0.15, 0.2) is 30.3 Å². The van der Waals surface area contributed by atoms with Gasteiger partial charge in [-0.1, -0.05) is 24.1 Å². The Morgan fingerprint density at radius 2 is 1.93 bits per heavy atom. The Kier molecular flexibility index (Phi) is 5.96. The van der Waals surface area contributed by atoms with E-state index in [-0.39, 0.29) is 18.3 Å². The number of aromatic nitrogens is 1. The Morgan fingerprint density at radius 3 is 2.70 bits per heavy atom. The SMILES string of the molecule is COc1cc(-c2cc3cc(CN4CCCCC4)ccc3[nH]2)c2c(c1Cl)CNC2=O.Cl. The Morgan fingerprint density at radius 1 is 1.13 bits per heavy atom. The topological polar surface area (TPSA) is 57.4 Å². The minimum atomic E-state index is -0.0935. The van der Waals surface area contributed by atoms with E-state index in [0.717, 1.165) is 34.3 Å². The molecule has 2 N–H and O–H groups in total. The fourth-order valence-corrected chi connectivity index (χ4v) is 4.83. The molecule has 0 spiro atoms. The van der Waals surface area contributed by atoms with Gasteiger partial charge in [-0.25, -0.2) is 0 Å². The number of H-pyrrole nitrogens is 1. The number of aromatic amines is 1. The number of ether oxygens (including phenoxy) is 1. The molecular weight excluding hydrogens is 421 g/mol. The molecule has 0 aliphatic carbocycles. The van der Waals surface area contributed by atoms with Gasteiger partial charge in [-0.15, -0.1) is 12.4 Å². The van der Waals surface area contributed by atoms with E-state index >= 15 is 0 Å². The number of amides is 1. The smallest absolute Gasteiger partial charge is 0.252 e. The summed E-state index contributed by atoms with van der Waals surface area (Å²) in [6.45, 7) is 3.78. The predicted molar refractivity (Wildman–Crippen MR) is 123 cm³/mol. The van der Waals surface area contributed by atoms with Gasteiger partial charge < -0.3 is 15.0 Å². The van der Waals surface area contributed by atoms with Crippen molar-refractivity contribution in [1.82, 2.24) is 15.2 Å². The minimum absolute atomic E-state index is 0. The van der Waals surface area contributed by atoms with Crippen LogP contribution in [-0.2, 0) is 13.1 Å². The molecule has 1 fully saturated rings. The number of halogens is 2. The van der Waals surface area contributed by atoms with Crippen LogP contribution in [0, 0.1) is 0 Å². The first kappa shape index (κ1) is 21.0. The molecule has 0 saturated carbocycles. The third kappa shape index (κ3) is 3.66. The molecule has 0 radical (unpaired) electrons. The fraction of sp³-hybridized carbons (Fsp3) is 0.348. The second-order valence-corrected chi connectivity index (χ2v) is 8.30. The number of likely N-dealkylation sites (tertiary alicyclic amines) is 1. The van der Waals surface area contributed by atoms with Crippen LogP contribution in [0.5, 0.6) is 5.75 Å². The number of hydrogen-bond acceptors (Lipinski definition) is 3. The number of rotatable bonds is 4. The molecule has 30 heavy (non-hydrogen) atoms. The molecule has 2 aliphatic rings. The number of piperidine rings is 1. The summed E-state index contributed by atoms with van der Waals surface area (Å²) in [5, 5.41) is 4.53. The number of nitrogens with zero attached hydrogens (tertiary/aromatic N) is 1. The standard InChI is InChI=1S/C23H24ClN3O2.ClH/c1-29-20-11-16(21-17(22(20)24)12-25-23(21)28)19-10-15-9-14(5-6-18(15)26-19)13-27-7-3-2-4-8-27;/h5-6,9-11,26H,2-4,7-8,12-13H2,1H3,(H,25,28);1H. The van der Waals surface area contributed by atoms with E-state index in [4.69, 9.17) is 16.3 Å². The number of hydrogen-bond donors (Lipinski definition) is 2. The fourth-order valence-electron chi connectivity index (χ4n) is 4.53. The molecule has 0 atom stereocenters. The number of fused-ring (bicyclic) bond motifs is 2. The van der Waals surface area contributed by atoms with Crippen LogP contribution in [0.25, 0.3) is 22.2 Å². The third-order valence-corrected chi connectivity index (χ3v) is 6.45. The highest BCUT2D eigenvalue weighted by molar-refractivity contribution is 6.34. The summed E-state index contributed by atoms with van der Waals surface area (Å²) in [6.07, 6.45) is 3.93. The zero-order valence-electron chi connectivity index (χ0n) is 16.9. The van der Waals surface area contributed by atoms with Crippen LogP contribution in [0.3, 0.4) is 0 Å². The quantitative estimate of drug-likeness (QED) is 0.583. The first-order valence-electron chi connectivity index (χ1n) is 10.2. The van der Waals surface area contributed by atoms with E-state index in [2.05, 4.69) is 39.5 Å². The lowest BCUT2D eigenvalue weighted by Crippen LogP contribution is -2.28. The van der Waals surface area contributed by atoms with Gasteiger partial charge in [0.25, 0.3) is 5.91 Å². The lowest BCUT2D eigenvalue weighted by Gasteiger charge is -2.26. The van der Waals surface area contributed by atoms with Crippen molar-refractivity contribution in [1.29, 1.82) is 0 Å². The molecule has 2 aromatic carbocycles. The Labute approximate surface area is 187 Å².